The Morgan fingerprint density at radius 3 is 1.70 bits per heavy atom. The molecule has 9 aliphatic rings. The van der Waals surface area contributed by atoms with Crippen LogP contribution >= 0.6 is 0 Å². The lowest BCUT2D eigenvalue weighted by Crippen LogP contribution is -2.61. The Balaban J connectivity index is 0.000000189. The molecule has 0 spiro atoms. The van der Waals surface area contributed by atoms with Crippen molar-refractivity contribution in [2.45, 2.75) is 234 Å². The summed E-state index contributed by atoms with van der Waals surface area (Å²) in [6, 6.07) is 0. The predicted molar refractivity (Wildman–Crippen MR) is 269 cm³/mol. The Labute approximate surface area is 439 Å². The highest BCUT2D eigenvalue weighted by atomic mass is 16.6. The van der Waals surface area contributed by atoms with Gasteiger partial charge in [-0.25, -0.2) is 4.79 Å². The lowest BCUT2D eigenvalue weighted by Gasteiger charge is -2.59. The first-order valence-corrected chi connectivity index (χ1v) is 27.5. The molecule has 2 heterocycles. The third-order valence-corrected chi connectivity index (χ3v) is 18.0. The average molecular weight is 1050 g/mol. The minimum Gasteiger partial charge on any atom is -0.469 e. The molecule has 17 heteroatoms. The van der Waals surface area contributed by atoms with Crippen LogP contribution in [0.1, 0.15) is 199 Å². The summed E-state index contributed by atoms with van der Waals surface area (Å²) in [5.74, 6) is -3.31. The number of hydrogen-bond donors (Lipinski definition) is 1. The Morgan fingerprint density at radius 1 is 0.676 bits per heavy atom. The van der Waals surface area contributed by atoms with Crippen LogP contribution in [0.3, 0.4) is 0 Å². The molecule has 9 unspecified atom stereocenters. The van der Waals surface area contributed by atoms with E-state index in [1.54, 1.807) is 13.8 Å². The maximum absolute atomic E-state index is 12.4. The molecule has 74 heavy (non-hydrogen) atoms. The van der Waals surface area contributed by atoms with Crippen molar-refractivity contribution in [3.05, 3.63) is 0 Å². The van der Waals surface area contributed by atoms with Crippen molar-refractivity contribution in [2.75, 3.05) is 20.3 Å². The second-order valence-corrected chi connectivity index (χ2v) is 25.6. The Bertz CT molecular complexity index is 2050. The maximum atomic E-state index is 12.4. The number of rotatable bonds is 15. The number of cyclic esters (lactones) is 1. The summed E-state index contributed by atoms with van der Waals surface area (Å²) < 4.78 is 42.1. The first kappa shape index (κ1) is 60.6. The smallest absolute Gasteiger partial charge is 0.344 e. The van der Waals surface area contributed by atoms with Gasteiger partial charge in [0.1, 0.15) is 36.1 Å². The first-order valence-electron chi connectivity index (χ1n) is 27.5. The summed E-state index contributed by atoms with van der Waals surface area (Å²) >= 11 is 0. The Morgan fingerprint density at radius 2 is 1.20 bits per heavy atom. The summed E-state index contributed by atoms with van der Waals surface area (Å²) in [6.07, 6.45) is 13.4. The van der Waals surface area contributed by atoms with E-state index in [-0.39, 0.29) is 71.5 Å². The molecule has 0 amide bonds. The molecule has 1 N–H and O–H groups in total. The molecule has 9 atom stereocenters. The molecule has 0 aromatic heterocycles. The number of aliphatic hydroxyl groups is 1. The third kappa shape index (κ3) is 14.2. The van der Waals surface area contributed by atoms with Crippen LogP contribution in [0.25, 0.3) is 0 Å². The highest BCUT2D eigenvalue weighted by Crippen LogP contribution is 2.60. The minimum atomic E-state index is -0.717. The van der Waals surface area contributed by atoms with Gasteiger partial charge >= 0.3 is 47.8 Å². The second-order valence-electron chi connectivity index (χ2n) is 25.6. The van der Waals surface area contributed by atoms with E-state index in [2.05, 4.69) is 6.92 Å². The molecule has 7 aliphatic carbocycles. The molecule has 2 saturated heterocycles. The number of carbonyl (C=O) groups is 8. The van der Waals surface area contributed by atoms with E-state index in [1.165, 1.54) is 32.8 Å². The number of hydrogen-bond acceptors (Lipinski definition) is 17. The largest absolute Gasteiger partial charge is 0.469 e. The van der Waals surface area contributed by atoms with Gasteiger partial charge in [0, 0.05) is 18.3 Å². The molecule has 0 aromatic carbocycles. The van der Waals surface area contributed by atoms with Crippen LogP contribution in [0.5, 0.6) is 0 Å². The average Bonchev–Trinajstić information content (AvgIpc) is 4.08. The third-order valence-electron chi connectivity index (χ3n) is 18.0. The number of methoxy groups -OCH3 is 1. The fourth-order valence-corrected chi connectivity index (χ4v) is 11.9. The standard InChI is InChI=1S/C18H24O8.C16H26O3.C13H24O2.C10H16O4/c1-5-18(2,3)17(22)24-7-10(19)25-13-8-6-9-12(11(8)15(20)23-4)16(21)26-14(9)13;1-4-14(2,3)13(17)19-16-8-11-5-12(9-16)7-15(18,6-11)10-16;1-5-12(2,3)11(14)15-13(4)9-7-6-8-10-13;1-4-10(2,3)9(12)14-7-5-8(11)13-6-7/h8-9,11-14H,5-7H2,1-4H3;11-12,18H,4-10H2,1-3H3;5-10H2,1-4H3;7H,4-6H2,1-3H3. The van der Waals surface area contributed by atoms with E-state index in [4.69, 9.17) is 37.9 Å². The van der Waals surface area contributed by atoms with Gasteiger partial charge in [-0.2, -0.15) is 0 Å². The Hall–Kier alpha value is -4.28. The van der Waals surface area contributed by atoms with Gasteiger partial charge in [-0.1, -0.05) is 34.1 Å². The van der Waals surface area contributed by atoms with Gasteiger partial charge in [-0.05, 0) is 164 Å². The summed E-state index contributed by atoms with van der Waals surface area (Å²) in [5, 5.41) is 10.6. The fraction of sp³-hybridized carbons (Fsp3) is 0.860. The molecular weight excluding hydrogens is 957 g/mol. The van der Waals surface area contributed by atoms with Crippen molar-refractivity contribution in [1.29, 1.82) is 0 Å². The Kier molecular flexibility index (Phi) is 19.3. The minimum absolute atomic E-state index is 0.0330. The number of ether oxygens (including phenoxy) is 8. The molecule has 2 aliphatic heterocycles. The molecule has 0 aromatic rings. The highest BCUT2D eigenvalue weighted by Gasteiger charge is 2.70. The van der Waals surface area contributed by atoms with Crippen molar-refractivity contribution in [1.82, 2.24) is 0 Å². The van der Waals surface area contributed by atoms with Gasteiger partial charge < -0.3 is 43.0 Å². The van der Waals surface area contributed by atoms with E-state index in [0.29, 0.717) is 37.5 Å². The molecule has 420 valence electrons. The van der Waals surface area contributed by atoms with Crippen molar-refractivity contribution in [3.63, 3.8) is 0 Å². The normalized spacial score (nSPS) is 31.9. The number of carbonyl (C=O) groups excluding carboxylic acids is 8. The highest BCUT2D eigenvalue weighted by molar-refractivity contribution is 5.86. The SMILES string of the molecule is CCC(C)(C)C(=O)OC1(C)CCCCC1.CCC(C)(C)C(=O)OC12CC3CC(CC(O)(C3)C1)C2.CCC(C)(C)C(=O)OC1COC(=O)C1.CCC(C)(C)C(=O)OCC(=O)OC1C2CC3C1OC(=O)C3C2C(=O)OC. The summed E-state index contributed by atoms with van der Waals surface area (Å²) in [6.45, 7) is 24.5. The number of fused-ring (bicyclic) bond motifs is 1. The summed E-state index contributed by atoms with van der Waals surface area (Å²) in [7, 11) is 1.27. The molecule has 0 radical (unpaired) electrons. The van der Waals surface area contributed by atoms with E-state index in [0.717, 1.165) is 51.4 Å². The first-order chi connectivity index (χ1) is 34.3. The molecule has 9 rings (SSSR count). The van der Waals surface area contributed by atoms with E-state index < -0.39 is 76.4 Å². The van der Waals surface area contributed by atoms with Crippen molar-refractivity contribution in [3.8, 4) is 0 Å². The van der Waals surface area contributed by atoms with Crippen molar-refractivity contribution >= 4 is 47.8 Å². The topological polar surface area (TPSA) is 231 Å². The summed E-state index contributed by atoms with van der Waals surface area (Å²) in [5.41, 5.74) is -3.01. The van der Waals surface area contributed by atoms with Gasteiger partial charge in [0.2, 0.25) is 0 Å². The molecule has 9 fully saturated rings. The zero-order valence-corrected chi connectivity index (χ0v) is 47.1. The number of esters is 8. The molecule has 17 nitrogen and oxygen atoms in total. The van der Waals surface area contributed by atoms with E-state index in [1.807, 2.05) is 69.2 Å². The lowest BCUT2D eigenvalue weighted by atomic mass is 9.52. The van der Waals surface area contributed by atoms with Crippen LogP contribution in [0.15, 0.2) is 0 Å². The predicted octanol–water partition coefficient (Wildman–Crippen LogP) is 8.88. The lowest BCUT2D eigenvalue weighted by molar-refractivity contribution is -0.225. The van der Waals surface area contributed by atoms with Gasteiger partial charge in [-0.3, -0.25) is 33.6 Å². The van der Waals surface area contributed by atoms with Crippen molar-refractivity contribution in [2.24, 2.45) is 57.2 Å². The van der Waals surface area contributed by atoms with Crippen molar-refractivity contribution < 1.29 is 81.4 Å². The van der Waals surface area contributed by atoms with Gasteiger partial charge in [0.25, 0.3) is 0 Å². The molecule has 6 bridgehead atoms. The van der Waals surface area contributed by atoms with Crippen LogP contribution in [-0.2, 0) is 76.3 Å². The van der Waals surface area contributed by atoms with E-state index in [9.17, 15) is 43.5 Å². The summed E-state index contributed by atoms with van der Waals surface area (Å²) in [4.78, 5) is 94.9. The van der Waals surface area contributed by atoms with E-state index >= 15 is 0 Å². The zero-order valence-electron chi connectivity index (χ0n) is 47.1. The molecular formula is C57H90O17. The van der Waals surface area contributed by atoms with Gasteiger partial charge in [-0.15, -0.1) is 0 Å². The van der Waals surface area contributed by atoms with Gasteiger partial charge in [0.15, 0.2) is 6.61 Å². The van der Waals surface area contributed by atoms with Crippen LogP contribution < -0.4 is 0 Å². The monoisotopic (exact) mass is 1050 g/mol. The zero-order chi connectivity index (χ0) is 55.4. The maximum Gasteiger partial charge on any atom is 0.344 e. The second kappa shape index (κ2) is 23.5. The van der Waals surface area contributed by atoms with Crippen LogP contribution in [0.2, 0.25) is 0 Å². The fourth-order valence-electron chi connectivity index (χ4n) is 11.9. The van der Waals surface area contributed by atoms with Crippen LogP contribution in [0, 0.1) is 57.2 Å². The van der Waals surface area contributed by atoms with Gasteiger partial charge in [0.05, 0.1) is 52.6 Å². The van der Waals surface area contributed by atoms with Crippen LogP contribution in [0.4, 0.5) is 0 Å². The van der Waals surface area contributed by atoms with Crippen LogP contribution in [-0.4, -0.2) is 108 Å². The molecule has 7 saturated carbocycles. The quantitative estimate of drug-likeness (QED) is 0.119.